The van der Waals surface area contributed by atoms with Gasteiger partial charge in [0.05, 0.1) is 5.69 Å². The molecule has 4 aromatic rings. The third-order valence-electron chi connectivity index (χ3n) is 5.14. The van der Waals surface area contributed by atoms with Crippen molar-refractivity contribution in [1.82, 2.24) is 4.98 Å². The first-order valence-corrected chi connectivity index (χ1v) is 12.1. The minimum Gasteiger partial charge on any atom is -0.352 e. The van der Waals surface area contributed by atoms with Crippen LogP contribution in [0.2, 0.25) is 0 Å². The van der Waals surface area contributed by atoms with Crippen molar-refractivity contribution in [2.45, 2.75) is 19.6 Å². The second-order valence-corrected chi connectivity index (χ2v) is 9.00. The molecule has 0 amide bonds. The van der Waals surface area contributed by atoms with E-state index in [1.807, 2.05) is 92.7 Å². The summed E-state index contributed by atoms with van der Waals surface area (Å²) < 4.78 is 0. The highest BCUT2D eigenvalue weighted by Crippen LogP contribution is 2.29. The molecule has 0 atom stereocenters. The minimum absolute atomic E-state index is 0.0307. The Labute approximate surface area is 208 Å². The molecule has 176 valence electrons. The lowest BCUT2D eigenvalue weighted by molar-refractivity contribution is 1.17. The first kappa shape index (κ1) is 24.0. The lowest BCUT2D eigenvalue weighted by Crippen LogP contribution is -2.11. The predicted molar refractivity (Wildman–Crippen MR) is 146 cm³/mol. The van der Waals surface area contributed by atoms with Gasteiger partial charge < -0.3 is 15.6 Å². The summed E-state index contributed by atoms with van der Waals surface area (Å²) in [7, 11) is 0. The van der Waals surface area contributed by atoms with Gasteiger partial charge in [0.1, 0.15) is 5.82 Å². The number of H-pyrrole nitrogens is 1. The Morgan fingerprint density at radius 1 is 0.886 bits per heavy atom. The fourth-order valence-corrected chi connectivity index (χ4v) is 3.81. The molecule has 8 heteroatoms. The fraction of sp³-hybridized carbons (Fsp3) is 0.111. The Morgan fingerprint density at radius 3 is 2.11 bits per heavy atom. The number of amidine groups is 1. The highest BCUT2D eigenvalue weighted by atomic mass is 32.2. The van der Waals surface area contributed by atoms with E-state index in [0.29, 0.717) is 17.3 Å². The first-order chi connectivity index (χ1) is 17.0. The summed E-state index contributed by atoms with van der Waals surface area (Å²) in [6.45, 7) is 4.04. The van der Waals surface area contributed by atoms with Gasteiger partial charge in [-0.2, -0.15) is 0 Å². The van der Waals surface area contributed by atoms with E-state index in [1.165, 1.54) is 11.8 Å². The van der Waals surface area contributed by atoms with Gasteiger partial charge in [-0.15, -0.1) is 10.2 Å². The molecule has 0 fully saturated rings. The highest BCUT2D eigenvalue weighted by Gasteiger charge is 2.11. The average Bonchev–Trinajstić information content (AvgIpc) is 2.87. The Bertz CT molecular complexity index is 1380. The van der Waals surface area contributed by atoms with E-state index in [4.69, 9.17) is 5.41 Å². The summed E-state index contributed by atoms with van der Waals surface area (Å²) in [6, 6.07) is 27.3. The molecule has 0 aliphatic heterocycles. The van der Waals surface area contributed by atoms with Gasteiger partial charge >= 0.3 is 0 Å². The number of aromatic nitrogens is 1. The number of nitrogens with one attached hydrogen (secondary N) is 4. The number of hydrogen-bond donors (Lipinski definition) is 4. The Balaban J connectivity index is 1.57. The second kappa shape index (κ2) is 11.3. The lowest BCUT2D eigenvalue weighted by Gasteiger charge is -2.14. The molecule has 0 aliphatic carbocycles. The van der Waals surface area contributed by atoms with Crippen LogP contribution >= 0.6 is 11.8 Å². The molecular weight excluding hydrogens is 456 g/mol. The molecule has 1 heterocycles. The average molecular weight is 483 g/mol. The van der Waals surface area contributed by atoms with Crippen LogP contribution < -0.4 is 16.2 Å². The number of rotatable bonds is 7. The number of aryl methyl sites for hydroxylation is 2. The van der Waals surface area contributed by atoms with E-state index in [0.717, 1.165) is 28.1 Å². The van der Waals surface area contributed by atoms with Gasteiger partial charge in [0, 0.05) is 17.1 Å². The lowest BCUT2D eigenvalue weighted by atomic mass is 10.2. The number of pyridine rings is 1. The van der Waals surface area contributed by atoms with Crippen LogP contribution in [0.5, 0.6) is 0 Å². The van der Waals surface area contributed by atoms with Crippen LogP contribution in [0.1, 0.15) is 16.7 Å². The molecule has 0 saturated carbocycles. The fourth-order valence-electron chi connectivity index (χ4n) is 3.22. The molecule has 0 saturated heterocycles. The molecule has 7 nitrogen and oxygen atoms in total. The van der Waals surface area contributed by atoms with Crippen molar-refractivity contribution >= 4 is 45.5 Å². The van der Waals surface area contributed by atoms with Gasteiger partial charge in [-0.3, -0.25) is 10.2 Å². The van der Waals surface area contributed by atoms with Gasteiger partial charge in [-0.05, 0) is 49.7 Å². The molecule has 0 radical (unpaired) electrons. The van der Waals surface area contributed by atoms with Crippen molar-refractivity contribution in [3.8, 4) is 0 Å². The number of benzene rings is 3. The van der Waals surface area contributed by atoms with Gasteiger partial charge in [0.25, 0.3) is 5.56 Å². The van der Waals surface area contributed by atoms with E-state index < -0.39 is 5.56 Å². The van der Waals surface area contributed by atoms with E-state index in [9.17, 15) is 4.79 Å². The Kier molecular flexibility index (Phi) is 7.74. The molecular formula is C27H26N6OS. The van der Waals surface area contributed by atoms with Crippen LogP contribution in [0.25, 0.3) is 0 Å². The molecule has 0 aliphatic rings. The molecule has 3 aromatic carbocycles. The summed E-state index contributed by atoms with van der Waals surface area (Å²) >= 11 is 1.25. The maximum atomic E-state index is 12.8. The monoisotopic (exact) mass is 482 g/mol. The van der Waals surface area contributed by atoms with Crippen molar-refractivity contribution in [1.29, 1.82) is 5.41 Å². The first-order valence-electron chi connectivity index (χ1n) is 11.1. The van der Waals surface area contributed by atoms with Crippen LogP contribution in [0.3, 0.4) is 0 Å². The quantitative estimate of drug-likeness (QED) is 0.125. The van der Waals surface area contributed by atoms with Crippen LogP contribution in [-0.4, -0.2) is 10.2 Å². The number of hydrogen-bond acceptors (Lipinski definition) is 6. The van der Waals surface area contributed by atoms with Gasteiger partial charge in [0.15, 0.2) is 5.69 Å². The normalized spacial score (nSPS) is 10.9. The SMILES string of the molecule is Cc1ccc(Nc2cc(N=NC(=N)SCc3ccccc3)c(=O)[nH]c2Nc2ccc(C)cc2)cc1. The number of nitrogens with zero attached hydrogens (tertiary/aromatic N) is 2. The Morgan fingerprint density at radius 2 is 1.49 bits per heavy atom. The smallest absolute Gasteiger partial charge is 0.277 e. The predicted octanol–water partition coefficient (Wildman–Crippen LogP) is 7.43. The number of aromatic amines is 1. The molecule has 35 heavy (non-hydrogen) atoms. The Hall–Kier alpha value is -4.17. The van der Waals surface area contributed by atoms with Crippen molar-refractivity contribution in [2.75, 3.05) is 10.6 Å². The third kappa shape index (κ3) is 6.91. The zero-order valence-corrected chi connectivity index (χ0v) is 20.3. The largest absolute Gasteiger partial charge is 0.352 e. The zero-order chi connectivity index (χ0) is 24.6. The van der Waals surface area contributed by atoms with Crippen molar-refractivity contribution in [3.05, 3.63) is 112 Å². The van der Waals surface area contributed by atoms with Crippen molar-refractivity contribution in [2.24, 2.45) is 10.2 Å². The van der Waals surface area contributed by atoms with E-state index >= 15 is 0 Å². The number of azo groups is 1. The highest BCUT2D eigenvalue weighted by molar-refractivity contribution is 8.13. The van der Waals surface area contributed by atoms with Crippen molar-refractivity contribution < 1.29 is 0 Å². The van der Waals surface area contributed by atoms with E-state index in [1.54, 1.807) is 6.07 Å². The molecule has 0 bridgehead atoms. The van der Waals surface area contributed by atoms with Gasteiger partial charge in [-0.1, -0.05) is 77.5 Å². The van der Waals surface area contributed by atoms with E-state index in [2.05, 4.69) is 25.8 Å². The molecule has 0 spiro atoms. The number of anilines is 4. The molecule has 4 rings (SSSR count). The maximum absolute atomic E-state index is 12.8. The summed E-state index contributed by atoms with van der Waals surface area (Å²) in [4.78, 5) is 15.6. The minimum atomic E-state index is -0.404. The third-order valence-corrected chi connectivity index (χ3v) is 5.97. The van der Waals surface area contributed by atoms with E-state index in [-0.39, 0.29) is 10.9 Å². The maximum Gasteiger partial charge on any atom is 0.277 e. The van der Waals surface area contributed by atoms with Crippen LogP contribution in [0.4, 0.5) is 28.6 Å². The summed E-state index contributed by atoms with van der Waals surface area (Å²) in [5.74, 6) is 1.11. The number of thioether (sulfide) groups is 1. The van der Waals surface area contributed by atoms with Crippen LogP contribution in [0, 0.1) is 19.3 Å². The topological polar surface area (TPSA) is 105 Å². The van der Waals surface area contributed by atoms with Gasteiger partial charge in [0.2, 0.25) is 5.17 Å². The van der Waals surface area contributed by atoms with Gasteiger partial charge in [-0.25, -0.2) is 0 Å². The molecule has 1 aromatic heterocycles. The van der Waals surface area contributed by atoms with Crippen LogP contribution in [0.15, 0.2) is 100.0 Å². The van der Waals surface area contributed by atoms with Crippen molar-refractivity contribution in [3.63, 3.8) is 0 Å². The standard InChI is InChI=1S/C27H26N6OS/c1-18-8-12-21(13-9-18)29-23-16-24(32-33-27(28)35-17-20-6-4-3-5-7-20)26(34)31-25(23)30-22-14-10-19(2)11-15-22/h3-16,28-29H,17H2,1-2H3,(H2,30,31,34). The summed E-state index contributed by atoms with van der Waals surface area (Å²) in [6.07, 6.45) is 0. The molecule has 0 unspecified atom stereocenters. The van der Waals surface area contributed by atoms with Crippen LogP contribution in [-0.2, 0) is 5.75 Å². The summed E-state index contributed by atoms with van der Waals surface area (Å²) in [5.41, 5.74) is 5.42. The molecule has 4 N–H and O–H groups in total. The summed E-state index contributed by atoms with van der Waals surface area (Å²) in [5, 5.41) is 22.7. The zero-order valence-electron chi connectivity index (χ0n) is 19.5. The second-order valence-electron chi connectivity index (χ2n) is 8.03.